The smallest absolute Gasteiger partial charge is 0.302 e. The highest BCUT2D eigenvalue weighted by Gasteiger charge is 2.35. The second-order valence-electron chi connectivity index (χ2n) is 3.34. The zero-order valence-electron chi connectivity index (χ0n) is 8.33. The summed E-state index contributed by atoms with van der Waals surface area (Å²) in [4.78, 5) is 10.5. The molecule has 1 aliphatic heterocycles. The minimum Gasteiger partial charge on any atom is -0.463 e. The lowest BCUT2D eigenvalue weighted by Crippen LogP contribution is -2.27. The minimum absolute atomic E-state index is 0.117. The van der Waals surface area contributed by atoms with E-state index in [2.05, 4.69) is 0 Å². The molecular formula is C9H16O4. The Kier molecular flexibility index (Phi) is 3.27. The van der Waals surface area contributed by atoms with Gasteiger partial charge in [-0.25, -0.2) is 0 Å². The van der Waals surface area contributed by atoms with Crippen molar-refractivity contribution in [1.82, 2.24) is 0 Å². The van der Waals surface area contributed by atoms with Crippen molar-refractivity contribution in [1.29, 1.82) is 0 Å². The largest absolute Gasteiger partial charge is 0.463 e. The van der Waals surface area contributed by atoms with Crippen LogP contribution in [-0.4, -0.2) is 31.1 Å². The molecular weight excluding hydrogens is 172 g/mol. The highest BCUT2D eigenvalue weighted by molar-refractivity contribution is 5.65. The third-order valence-corrected chi connectivity index (χ3v) is 2.11. The van der Waals surface area contributed by atoms with Crippen molar-refractivity contribution in [2.24, 2.45) is 0 Å². The molecule has 1 fully saturated rings. The Balaban J connectivity index is 2.29. The average molecular weight is 188 g/mol. The molecule has 4 heteroatoms. The second kappa shape index (κ2) is 4.07. The van der Waals surface area contributed by atoms with Crippen LogP contribution in [0.2, 0.25) is 0 Å². The lowest BCUT2D eigenvalue weighted by molar-refractivity contribution is -0.166. The number of hydrogen-bond donors (Lipinski definition) is 0. The summed E-state index contributed by atoms with van der Waals surface area (Å²) in [6.45, 7) is 6.05. The summed E-state index contributed by atoms with van der Waals surface area (Å²) in [6, 6.07) is 0. The molecule has 0 unspecified atom stereocenters. The van der Waals surface area contributed by atoms with E-state index in [1.807, 2.05) is 13.8 Å². The lowest BCUT2D eigenvalue weighted by Gasteiger charge is -2.20. The predicted molar refractivity (Wildman–Crippen MR) is 46.2 cm³/mol. The Morgan fingerprint density at radius 1 is 1.69 bits per heavy atom. The number of ether oxygens (including phenoxy) is 3. The van der Waals surface area contributed by atoms with E-state index in [0.29, 0.717) is 6.61 Å². The molecule has 0 aliphatic carbocycles. The van der Waals surface area contributed by atoms with Gasteiger partial charge in [0, 0.05) is 6.92 Å². The van der Waals surface area contributed by atoms with E-state index in [-0.39, 0.29) is 18.7 Å². The van der Waals surface area contributed by atoms with Crippen LogP contribution in [0.3, 0.4) is 0 Å². The summed E-state index contributed by atoms with van der Waals surface area (Å²) in [7, 11) is 0. The first-order valence-electron chi connectivity index (χ1n) is 4.51. The van der Waals surface area contributed by atoms with Gasteiger partial charge >= 0.3 is 5.97 Å². The quantitative estimate of drug-likeness (QED) is 0.622. The summed E-state index contributed by atoms with van der Waals surface area (Å²) >= 11 is 0. The van der Waals surface area contributed by atoms with Gasteiger partial charge in [-0.15, -0.1) is 0 Å². The van der Waals surface area contributed by atoms with Gasteiger partial charge in [0.2, 0.25) is 0 Å². The molecule has 1 rings (SSSR count). The van der Waals surface area contributed by atoms with E-state index in [9.17, 15) is 4.79 Å². The van der Waals surface area contributed by atoms with Crippen LogP contribution in [0.25, 0.3) is 0 Å². The molecule has 0 radical (unpaired) electrons. The van der Waals surface area contributed by atoms with E-state index in [1.165, 1.54) is 6.92 Å². The highest BCUT2D eigenvalue weighted by atomic mass is 16.7. The van der Waals surface area contributed by atoms with Gasteiger partial charge in [0.25, 0.3) is 0 Å². The third-order valence-electron chi connectivity index (χ3n) is 2.11. The Labute approximate surface area is 78.2 Å². The first kappa shape index (κ1) is 10.5. The topological polar surface area (TPSA) is 44.8 Å². The van der Waals surface area contributed by atoms with Crippen LogP contribution >= 0.6 is 0 Å². The van der Waals surface area contributed by atoms with Crippen LogP contribution in [0.1, 0.15) is 27.2 Å². The van der Waals surface area contributed by atoms with E-state index in [0.717, 1.165) is 6.42 Å². The highest BCUT2D eigenvalue weighted by Crippen LogP contribution is 2.26. The molecule has 2 atom stereocenters. The summed E-state index contributed by atoms with van der Waals surface area (Å²) in [5.41, 5.74) is 0. The zero-order chi connectivity index (χ0) is 9.90. The van der Waals surface area contributed by atoms with Gasteiger partial charge in [-0.1, -0.05) is 6.92 Å². The normalized spacial score (nSPS) is 33.3. The monoisotopic (exact) mass is 188 g/mol. The van der Waals surface area contributed by atoms with Crippen molar-refractivity contribution in [2.75, 3.05) is 13.2 Å². The Hall–Kier alpha value is -0.610. The van der Waals surface area contributed by atoms with Gasteiger partial charge in [0.1, 0.15) is 12.7 Å². The molecule has 1 aliphatic rings. The number of carbonyl (C=O) groups is 1. The van der Waals surface area contributed by atoms with Gasteiger partial charge in [-0.3, -0.25) is 4.79 Å². The lowest BCUT2D eigenvalue weighted by atomic mass is 10.2. The molecule has 4 nitrogen and oxygen atoms in total. The molecule has 0 bridgehead atoms. The van der Waals surface area contributed by atoms with Gasteiger partial charge in [0.05, 0.1) is 6.61 Å². The fourth-order valence-electron chi connectivity index (χ4n) is 1.17. The average Bonchev–Trinajstić information content (AvgIpc) is 2.45. The number of hydrogen-bond acceptors (Lipinski definition) is 4. The molecule has 13 heavy (non-hydrogen) atoms. The first-order valence-corrected chi connectivity index (χ1v) is 4.51. The molecule has 0 aromatic carbocycles. The zero-order valence-corrected chi connectivity index (χ0v) is 8.33. The summed E-state index contributed by atoms with van der Waals surface area (Å²) in [5, 5.41) is 0. The molecule has 1 heterocycles. The van der Waals surface area contributed by atoms with Crippen molar-refractivity contribution in [3.05, 3.63) is 0 Å². The number of esters is 1. The molecule has 0 N–H and O–H groups in total. The molecule has 76 valence electrons. The van der Waals surface area contributed by atoms with Crippen molar-refractivity contribution in [2.45, 2.75) is 39.1 Å². The Morgan fingerprint density at radius 2 is 2.38 bits per heavy atom. The molecule has 0 saturated carbocycles. The maximum atomic E-state index is 10.5. The van der Waals surface area contributed by atoms with Crippen LogP contribution in [0, 0.1) is 0 Å². The van der Waals surface area contributed by atoms with Crippen LogP contribution in [0.15, 0.2) is 0 Å². The maximum absolute atomic E-state index is 10.5. The van der Waals surface area contributed by atoms with Gasteiger partial charge in [-0.05, 0) is 13.3 Å². The number of carbonyl (C=O) groups excluding carboxylic acids is 1. The van der Waals surface area contributed by atoms with Crippen LogP contribution in [-0.2, 0) is 19.0 Å². The molecule has 0 aromatic heterocycles. The summed E-state index contributed by atoms with van der Waals surface area (Å²) in [6.07, 6.45) is 0.678. The molecule has 0 amide bonds. The standard InChI is InChI=1S/C9H16O4/c1-4-9(3)12-6-8(13-9)5-11-7(2)10/h8H,4-6H2,1-3H3/t8-,9-/m0/s1. The van der Waals surface area contributed by atoms with E-state index < -0.39 is 5.79 Å². The SMILES string of the molecule is CC[C@@]1(C)OC[C@H](COC(C)=O)O1. The fourth-order valence-corrected chi connectivity index (χ4v) is 1.17. The van der Waals surface area contributed by atoms with E-state index >= 15 is 0 Å². The van der Waals surface area contributed by atoms with Gasteiger partial charge < -0.3 is 14.2 Å². The minimum atomic E-state index is -0.495. The summed E-state index contributed by atoms with van der Waals surface area (Å²) in [5.74, 6) is -0.779. The molecule has 1 saturated heterocycles. The molecule has 0 spiro atoms. The predicted octanol–water partition coefficient (Wildman–Crippen LogP) is 1.09. The van der Waals surface area contributed by atoms with Crippen molar-refractivity contribution in [3.8, 4) is 0 Å². The fraction of sp³-hybridized carbons (Fsp3) is 0.889. The molecule has 0 aromatic rings. The maximum Gasteiger partial charge on any atom is 0.302 e. The van der Waals surface area contributed by atoms with Crippen molar-refractivity contribution >= 4 is 5.97 Å². The Morgan fingerprint density at radius 3 is 2.85 bits per heavy atom. The van der Waals surface area contributed by atoms with Crippen LogP contribution in [0.5, 0.6) is 0 Å². The van der Waals surface area contributed by atoms with Crippen LogP contribution in [0.4, 0.5) is 0 Å². The van der Waals surface area contributed by atoms with Crippen molar-refractivity contribution < 1.29 is 19.0 Å². The number of rotatable bonds is 3. The second-order valence-corrected chi connectivity index (χ2v) is 3.34. The van der Waals surface area contributed by atoms with Crippen LogP contribution < -0.4 is 0 Å². The Bertz CT molecular complexity index is 192. The third kappa shape index (κ3) is 2.97. The van der Waals surface area contributed by atoms with E-state index in [4.69, 9.17) is 14.2 Å². The van der Waals surface area contributed by atoms with E-state index in [1.54, 1.807) is 0 Å². The summed E-state index contributed by atoms with van der Waals surface area (Å²) < 4.78 is 15.8. The van der Waals surface area contributed by atoms with Gasteiger partial charge in [0.15, 0.2) is 5.79 Å². The van der Waals surface area contributed by atoms with Gasteiger partial charge in [-0.2, -0.15) is 0 Å². The first-order chi connectivity index (χ1) is 6.06. The van der Waals surface area contributed by atoms with Crippen molar-refractivity contribution in [3.63, 3.8) is 0 Å².